The van der Waals surface area contributed by atoms with Crippen LogP contribution in [0.4, 0.5) is 0 Å². The average Bonchev–Trinajstić information content (AvgIpc) is 2.62. The van der Waals surface area contributed by atoms with Gasteiger partial charge in [-0.15, -0.1) is 0 Å². The van der Waals surface area contributed by atoms with E-state index in [4.69, 9.17) is 16.3 Å². The van der Waals surface area contributed by atoms with Crippen molar-refractivity contribution in [2.75, 3.05) is 13.2 Å². The van der Waals surface area contributed by atoms with Gasteiger partial charge in [-0.1, -0.05) is 41.9 Å². The molecule has 5 nitrogen and oxygen atoms in total. The van der Waals surface area contributed by atoms with Crippen LogP contribution in [0, 0.1) is 0 Å². The maximum Gasteiger partial charge on any atom is 0.252 e. The van der Waals surface area contributed by atoms with Gasteiger partial charge in [0.1, 0.15) is 5.75 Å². The summed E-state index contributed by atoms with van der Waals surface area (Å²) in [5.74, 6) is 0.419. The predicted octanol–water partition coefficient (Wildman–Crippen LogP) is 3.10. The van der Waals surface area contributed by atoms with E-state index in [-0.39, 0.29) is 30.8 Å². The first kappa shape index (κ1) is 17.3. The van der Waals surface area contributed by atoms with Crippen molar-refractivity contribution in [3.63, 3.8) is 0 Å². The molecule has 0 saturated carbocycles. The number of hydrogen-bond donors (Lipinski definition) is 2. The van der Waals surface area contributed by atoms with E-state index >= 15 is 0 Å². The van der Waals surface area contributed by atoms with Gasteiger partial charge >= 0.3 is 0 Å². The number of rotatable bonds is 5. The number of ether oxygens (including phenoxy) is 1. The maximum absolute atomic E-state index is 12.2. The Balaban J connectivity index is 1.49. The molecule has 0 bridgehead atoms. The van der Waals surface area contributed by atoms with Crippen LogP contribution in [0.5, 0.6) is 5.75 Å². The molecule has 2 amide bonds. The molecule has 1 aliphatic rings. The van der Waals surface area contributed by atoms with Gasteiger partial charge in [0.05, 0.1) is 23.2 Å². The Kier molecular flexibility index (Phi) is 5.56. The predicted molar refractivity (Wildman–Crippen MR) is 95.8 cm³/mol. The Morgan fingerprint density at radius 3 is 2.72 bits per heavy atom. The number of amides is 2. The van der Waals surface area contributed by atoms with E-state index in [0.717, 1.165) is 17.7 Å². The van der Waals surface area contributed by atoms with Crippen LogP contribution < -0.4 is 15.4 Å². The highest BCUT2D eigenvalue weighted by atomic mass is 35.5. The van der Waals surface area contributed by atoms with Crippen molar-refractivity contribution in [1.82, 2.24) is 10.6 Å². The van der Waals surface area contributed by atoms with Gasteiger partial charge < -0.3 is 15.4 Å². The van der Waals surface area contributed by atoms with Crippen LogP contribution in [0.2, 0.25) is 5.02 Å². The van der Waals surface area contributed by atoms with Crippen molar-refractivity contribution < 1.29 is 14.3 Å². The van der Waals surface area contributed by atoms with Crippen LogP contribution >= 0.6 is 11.6 Å². The molecule has 0 spiro atoms. The third-order valence-electron chi connectivity index (χ3n) is 4.05. The number of halogens is 1. The van der Waals surface area contributed by atoms with Crippen LogP contribution in [-0.2, 0) is 4.79 Å². The van der Waals surface area contributed by atoms with E-state index < -0.39 is 0 Å². The Labute approximate surface area is 151 Å². The summed E-state index contributed by atoms with van der Waals surface area (Å²) in [5, 5.41) is 6.11. The number of para-hydroxylation sites is 1. The lowest BCUT2D eigenvalue weighted by Gasteiger charge is -2.26. The van der Waals surface area contributed by atoms with Crippen molar-refractivity contribution in [1.29, 1.82) is 0 Å². The topological polar surface area (TPSA) is 67.4 Å². The first-order chi connectivity index (χ1) is 12.1. The summed E-state index contributed by atoms with van der Waals surface area (Å²) in [6, 6.07) is 14.5. The minimum Gasteiger partial charge on any atom is -0.493 e. The Bertz CT molecular complexity index is 779. The highest BCUT2D eigenvalue weighted by Crippen LogP contribution is 2.31. The summed E-state index contributed by atoms with van der Waals surface area (Å²) < 4.78 is 5.59. The van der Waals surface area contributed by atoms with Crippen LogP contribution in [0.3, 0.4) is 0 Å². The molecule has 2 aromatic carbocycles. The first-order valence-electron chi connectivity index (χ1n) is 8.19. The third-order valence-corrected chi connectivity index (χ3v) is 4.38. The quantitative estimate of drug-likeness (QED) is 0.863. The number of carbonyl (C=O) groups is 2. The molecule has 0 fully saturated rings. The van der Waals surface area contributed by atoms with E-state index in [2.05, 4.69) is 10.6 Å². The molecule has 0 aliphatic carbocycles. The summed E-state index contributed by atoms with van der Waals surface area (Å²) in [6.45, 7) is 0.825. The van der Waals surface area contributed by atoms with E-state index in [1.807, 2.05) is 24.3 Å². The van der Waals surface area contributed by atoms with E-state index in [9.17, 15) is 9.59 Å². The highest BCUT2D eigenvalue weighted by molar-refractivity contribution is 6.33. The van der Waals surface area contributed by atoms with Crippen molar-refractivity contribution in [3.8, 4) is 5.75 Å². The van der Waals surface area contributed by atoms with Gasteiger partial charge in [-0.3, -0.25) is 9.59 Å². The molecular formula is C19H19ClN2O3. The lowest BCUT2D eigenvalue weighted by atomic mass is 10.0. The largest absolute Gasteiger partial charge is 0.493 e. The normalized spacial score (nSPS) is 15.6. The zero-order valence-electron chi connectivity index (χ0n) is 13.6. The Morgan fingerprint density at radius 1 is 1.12 bits per heavy atom. The average molecular weight is 359 g/mol. The molecule has 1 aliphatic heterocycles. The van der Waals surface area contributed by atoms with Crippen molar-refractivity contribution >= 4 is 23.4 Å². The van der Waals surface area contributed by atoms with Crippen molar-refractivity contribution in [2.45, 2.75) is 18.9 Å². The fourth-order valence-corrected chi connectivity index (χ4v) is 3.01. The molecule has 0 radical (unpaired) electrons. The number of benzene rings is 2. The monoisotopic (exact) mass is 358 g/mol. The van der Waals surface area contributed by atoms with Crippen LogP contribution in [0.15, 0.2) is 48.5 Å². The van der Waals surface area contributed by atoms with Crippen molar-refractivity contribution in [2.24, 2.45) is 0 Å². The molecular weight excluding hydrogens is 340 g/mol. The van der Waals surface area contributed by atoms with Crippen LogP contribution in [0.1, 0.15) is 34.8 Å². The lowest BCUT2D eigenvalue weighted by molar-refractivity contribution is -0.121. The van der Waals surface area contributed by atoms with E-state index in [0.29, 0.717) is 17.2 Å². The summed E-state index contributed by atoms with van der Waals surface area (Å²) in [5.41, 5.74) is 1.39. The van der Waals surface area contributed by atoms with Gasteiger partial charge in [0.25, 0.3) is 5.91 Å². The second-order valence-electron chi connectivity index (χ2n) is 5.78. The number of nitrogens with one attached hydrogen (secondary N) is 2. The second-order valence-corrected chi connectivity index (χ2v) is 6.19. The molecule has 130 valence electrons. The van der Waals surface area contributed by atoms with Gasteiger partial charge in [0.2, 0.25) is 5.91 Å². The Hall–Kier alpha value is -2.53. The standard InChI is InChI=1S/C19H19ClN2O3/c20-15-7-3-1-5-13(15)19(24)21-11-9-18(23)22-16-10-12-25-17-8-4-2-6-14(16)17/h1-8,16H,9-12H2,(H,21,24)(H,22,23). The number of fused-ring (bicyclic) bond motifs is 1. The third kappa shape index (κ3) is 4.31. The minimum atomic E-state index is -0.283. The summed E-state index contributed by atoms with van der Waals surface area (Å²) >= 11 is 5.99. The molecule has 0 aromatic heterocycles. The molecule has 1 atom stereocenters. The van der Waals surface area contributed by atoms with Gasteiger partial charge in [0, 0.05) is 24.9 Å². The van der Waals surface area contributed by atoms with Crippen LogP contribution in [-0.4, -0.2) is 25.0 Å². The molecule has 1 unspecified atom stereocenters. The molecule has 6 heteroatoms. The molecule has 2 aromatic rings. The maximum atomic E-state index is 12.2. The highest BCUT2D eigenvalue weighted by Gasteiger charge is 2.22. The van der Waals surface area contributed by atoms with Gasteiger partial charge in [-0.05, 0) is 18.2 Å². The smallest absolute Gasteiger partial charge is 0.252 e. The van der Waals surface area contributed by atoms with Crippen LogP contribution in [0.25, 0.3) is 0 Å². The van der Waals surface area contributed by atoms with Gasteiger partial charge in [-0.2, -0.15) is 0 Å². The summed E-state index contributed by atoms with van der Waals surface area (Å²) in [6.07, 6.45) is 0.935. The fraction of sp³-hybridized carbons (Fsp3) is 0.263. The van der Waals surface area contributed by atoms with E-state index in [1.54, 1.807) is 24.3 Å². The Morgan fingerprint density at radius 2 is 1.88 bits per heavy atom. The summed E-state index contributed by atoms with van der Waals surface area (Å²) in [4.78, 5) is 24.2. The zero-order valence-corrected chi connectivity index (χ0v) is 14.4. The summed E-state index contributed by atoms with van der Waals surface area (Å²) in [7, 11) is 0. The van der Waals surface area contributed by atoms with Crippen molar-refractivity contribution in [3.05, 3.63) is 64.7 Å². The first-order valence-corrected chi connectivity index (χ1v) is 8.57. The lowest BCUT2D eigenvalue weighted by Crippen LogP contribution is -2.35. The van der Waals surface area contributed by atoms with Gasteiger partial charge in [-0.25, -0.2) is 0 Å². The fourth-order valence-electron chi connectivity index (χ4n) is 2.79. The second kappa shape index (κ2) is 8.03. The minimum absolute atomic E-state index is 0.0586. The van der Waals surface area contributed by atoms with E-state index in [1.165, 1.54) is 0 Å². The molecule has 0 saturated heterocycles. The SMILES string of the molecule is O=C(CCNC(=O)c1ccccc1Cl)NC1CCOc2ccccc21. The molecule has 25 heavy (non-hydrogen) atoms. The van der Waals surface area contributed by atoms with Gasteiger partial charge in [0.15, 0.2) is 0 Å². The number of hydrogen-bond acceptors (Lipinski definition) is 3. The molecule has 3 rings (SSSR count). The zero-order chi connectivity index (χ0) is 17.6. The molecule has 2 N–H and O–H groups in total. The molecule has 1 heterocycles. The number of carbonyl (C=O) groups excluding carboxylic acids is 2.